The third kappa shape index (κ3) is 4.55. The van der Waals surface area contributed by atoms with Crippen molar-refractivity contribution in [1.82, 2.24) is 0 Å². The molecule has 0 bridgehead atoms. The Bertz CT molecular complexity index is 351. The highest BCUT2D eigenvalue weighted by atomic mass is 31.2. The SMILES string of the molecule is B[C@@H]1O[C@H](COC(C)C)C(OP(=O)(O)C(C)C)[C@@H]1OC. The fourth-order valence-electron chi connectivity index (χ4n) is 2.08. The first-order valence-corrected chi connectivity index (χ1v) is 8.64. The molecule has 1 fully saturated rings. The Hall–Kier alpha value is 0.0949. The van der Waals surface area contributed by atoms with Gasteiger partial charge in [0.1, 0.15) is 26.2 Å². The molecule has 5 atom stereocenters. The third-order valence-electron chi connectivity index (χ3n) is 3.33. The summed E-state index contributed by atoms with van der Waals surface area (Å²) in [6, 6.07) is -0.210. The second kappa shape index (κ2) is 7.39. The molecule has 118 valence electrons. The lowest BCUT2D eigenvalue weighted by molar-refractivity contribution is -0.0454. The minimum Gasteiger partial charge on any atom is -0.377 e. The van der Waals surface area contributed by atoms with Gasteiger partial charge in [-0.2, -0.15) is 0 Å². The average molecular weight is 308 g/mol. The van der Waals surface area contributed by atoms with Gasteiger partial charge in [0.2, 0.25) is 0 Å². The van der Waals surface area contributed by atoms with Crippen LogP contribution in [0.25, 0.3) is 0 Å². The van der Waals surface area contributed by atoms with E-state index in [2.05, 4.69) is 0 Å². The number of ether oxygens (including phenoxy) is 3. The molecule has 2 unspecified atom stereocenters. The van der Waals surface area contributed by atoms with Crippen molar-refractivity contribution in [3.63, 3.8) is 0 Å². The summed E-state index contributed by atoms with van der Waals surface area (Å²) in [6.07, 6.45) is -1.33. The Kier molecular flexibility index (Phi) is 6.70. The van der Waals surface area contributed by atoms with Crippen LogP contribution in [0.1, 0.15) is 27.7 Å². The zero-order valence-corrected chi connectivity index (χ0v) is 14.0. The molecule has 0 saturated carbocycles. The Labute approximate surface area is 122 Å². The summed E-state index contributed by atoms with van der Waals surface area (Å²) in [7, 11) is -0.286. The second-order valence-corrected chi connectivity index (χ2v) is 8.06. The first-order chi connectivity index (χ1) is 9.19. The summed E-state index contributed by atoms with van der Waals surface area (Å²) >= 11 is 0. The van der Waals surface area contributed by atoms with Crippen molar-refractivity contribution in [2.45, 2.75) is 63.8 Å². The molecule has 8 heteroatoms. The number of rotatable bonds is 7. The van der Waals surface area contributed by atoms with Gasteiger partial charge in [0, 0.05) is 7.11 Å². The van der Waals surface area contributed by atoms with Crippen molar-refractivity contribution in [3.8, 4) is 0 Å². The smallest absolute Gasteiger partial charge is 0.331 e. The van der Waals surface area contributed by atoms with E-state index in [4.69, 9.17) is 18.7 Å². The van der Waals surface area contributed by atoms with E-state index in [1.807, 2.05) is 21.7 Å². The highest BCUT2D eigenvalue weighted by Gasteiger charge is 2.47. The van der Waals surface area contributed by atoms with Gasteiger partial charge in [0.15, 0.2) is 0 Å². The maximum absolute atomic E-state index is 12.1. The van der Waals surface area contributed by atoms with Crippen molar-refractivity contribution in [2.24, 2.45) is 0 Å². The summed E-state index contributed by atoms with van der Waals surface area (Å²) in [6.45, 7) is 7.47. The van der Waals surface area contributed by atoms with Gasteiger partial charge in [-0.1, -0.05) is 13.8 Å². The fraction of sp³-hybridized carbons (Fsp3) is 1.00. The molecule has 0 aliphatic carbocycles. The van der Waals surface area contributed by atoms with Crippen LogP contribution in [0, 0.1) is 0 Å². The highest BCUT2D eigenvalue weighted by molar-refractivity contribution is 7.53. The molecule has 1 aliphatic heterocycles. The lowest BCUT2D eigenvalue weighted by atomic mass is 9.93. The van der Waals surface area contributed by atoms with Crippen molar-refractivity contribution < 1.29 is 28.2 Å². The van der Waals surface area contributed by atoms with Crippen LogP contribution in [0.15, 0.2) is 0 Å². The Morgan fingerprint density at radius 2 is 1.90 bits per heavy atom. The van der Waals surface area contributed by atoms with Crippen LogP contribution < -0.4 is 0 Å². The van der Waals surface area contributed by atoms with Crippen LogP contribution in [-0.4, -0.2) is 62.5 Å². The molecular weight excluding hydrogens is 282 g/mol. The van der Waals surface area contributed by atoms with Gasteiger partial charge < -0.3 is 19.1 Å². The van der Waals surface area contributed by atoms with Crippen LogP contribution in [-0.2, 0) is 23.3 Å². The third-order valence-corrected chi connectivity index (χ3v) is 5.18. The zero-order valence-electron chi connectivity index (χ0n) is 13.1. The van der Waals surface area contributed by atoms with Crippen LogP contribution in [0.2, 0.25) is 0 Å². The van der Waals surface area contributed by atoms with E-state index in [-0.39, 0.29) is 18.2 Å². The number of methoxy groups -OCH3 is 1. The van der Waals surface area contributed by atoms with E-state index in [1.54, 1.807) is 21.0 Å². The van der Waals surface area contributed by atoms with Gasteiger partial charge >= 0.3 is 7.60 Å². The molecule has 1 N–H and O–H groups in total. The molecule has 20 heavy (non-hydrogen) atoms. The van der Waals surface area contributed by atoms with Crippen molar-refractivity contribution in [3.05, 3.63) is 0 Å². The summed E-state index contributed by atoms with van der Waals surface area (Å²) in [5.41, 5.74) is -0.470. The number of hydrogen-bond acceptors (Lipinski definition) is 5. The first-order valence-electron chi connectivity index (χ1n) is 6.99. The minimum atomic E-state index is -3.69. The van der Waals surface area contributed by atoms with Gasteiger partial charge in [-0.15, -0.1) is 0 Å². The zero-order chi connectivity index (χ0) is 15.5. The normalized spacial score (nSPS) is 33.8. The van der Waals surface area contributed by atoms with Gasteiger partial charge in [-0.05, 0) is 13.8 Å². The molecular formula is C12H26BO6P. The number of hydrogen-bond donors (Lipinski definition) is 1. The van der Waals surface area contributed by atoms with Crippen LogP contribution in [0.4, 0.5) is 0 Å². The molecule has 0 radical (unpaired) electrons. The Morgan fingerprint density at radius 1 is 1.30 bits per heavy atom. The van der Waals surface area contributed by atoms with E-state index < -0.39 is 25.5 Å². The second-order valence-electron chi connectivity index (χ2n) is 5.69. The van der Waals surface area contributed by atoms with Gasteiger partial charge in [0.25, 0.3) is 0 Å². The van der Waals surface area contributed by atoms with Crippen LogP contribution >= 0.6 is 7.60 Å². The monoisotopic (exact) mass is 308 g/mol. The van der Waals surface area contributed by atoms with Gasteiger partial charge in [0.05, 0.1) is 24.4 Å². The quantitative estimate of drug-likeness (QED) is 0.553. The molecule has 1 rings (SSSR count). The maximum Gasteiger partial charge on any atom is 0.331 e. The molecule has 1 aliphatic rings. The largest absolute Gasteiger partial charge is 0.377 e. The molecule has 6 nitrogen and oxygen atoms in total. The van der Waals surface area contributed by atoms with E-state index in [0.717, 1.165) is 0 Å². The van der Waals surface area contributed by atoms with Crippen LogP contribution in [0.3, 0.4) is 0 Å². The molecule has 1 saturated heterocycles. The molecule has 0 spiro atoms. The van der Waals surface area contributed by atoms with Crippen molar-refractivity contribution in [2.75, 3.05) is 13.7 Å². The van der Waals surface area contributed by atoms with Crippen molar-refractivity contribution in [1.29, 1.82) is 0 Å². The molecule has 0 aromatic carbocycles. The van der Waals surface area contributed by atoms with Gasteiger partial charge in [-0.25, -0.2) is 0 Å². The average Bonchev–Trinajstić information content (AvgIpc) is 2.61. The Balaban J connectivity index is 2.80. The molecule has 0 aromatic heterocycles. The summed E-state index contributed by atoms with van der Waals surface area (Å²) in [5.74, 6) is 0. The summed E-state index contributed by atoms with van der Waals surface area (Å²) in [5, 5.41) is 0. The fourth-order valence-corrected chi connectivity index (χ4v) is 2.93. The molecule has 0 aromatic rings. The molecule has 1 heterocycles. The van der Waals surface area contributed by atoms with E-state index >= 15 is 0 Å². The van der Waals surface area contributed by atoms with E-state index in [0.29, 0.717) is 6.61 Å². The topological polar surface area (TPSA) is 74.2 Å². The lowest BCUT2D eigenvalue weighted by Crippen LogP contribution is -2.38. The van der Waals surface area contributed by atoms with Crippen LogP contribution in [0.5, 0.6) is 0 Å². The van der Waals surface area contributed by atoms with E-state index in [1.165, 1.54) is 0 Å². The van der Waals surface area contributed by atoms with Crippen molar-refractivity contribution >= 4 is 15.4 Å². The lowest BCUT2D eigenvalue weighted by Gasteiger charge is -2.27. The van der Waals surface area contributed by atoms with Gasteiger partial charge in [-0.3, -0.25) is 9.09 Å². The predicted molar refractivity (Wildman–Crippen MR) is 78.9 cm³/mol. The Morgan fingerprint density at radius 3 is 2.35 bits per heavy atom. The summed E-state index contributed by atoms with van der Waals surface area (Å²) < 4.78 is 34.2. The summed E-state index contributed by atoms with van der Waals surface area (Å²) in [4.78, 5) is 9.93. The van der Waals surface area contributed by atoms with E-state index in [9.17, 15) is 9.46 Å². The predicted octanol–water partition coefficient (Wildman–Crippen LogP) is 0.763. The highest BCUT2D eigenvalue weighted by Crippen LogP contribution is 2.50. The minimum absolute atomic E-state index is 0.0576. The standard InChI is InChI=1S/C12H26BO6P/c1-7(2)17-6-9-10(11(16-5)12(13)18-9)19-20(14,15)8(3)4/h7-12H,6,13H2,1-5H3,(H,14,15)/t9-,10?,11+,12-/m1/s1. The molecule has 0 amide bonds. The maximum atomic E-state index is 12.1. The first kappa shape index (κ1) is 18.1.